The summed E-state index contributed by atoms with van der Waals surface area (Å²) in [5.41, 5.74) is 2.10. The second-order valence-corrected chi connectivity index (χ2v) is 4.47. The molecule has 0 spiro atoms. The van der Waals surface area contributed by atoms with Crippen LogP contribution in [0.4, 0.5) is 5.69 Å². The number of aliphatic imine (C=N–C) groups is 1. The monoisotopic (exact) mass is 311 g/mol. The predicted molar refractivity (Wildman–Crippen MR) is 81.6 cm³/mol. The SMILES string of the molecule is C(=Nc1ccccc1-n1cccc1)C1CCC[N-]1.[CH3-].[Ni+2]. The van der Waals surface area contributed by atoms with Gasteiger partial charge >= 0.3 is 16.5 Å². The van der Waals surface area contributed by atoms with E-state index in [1.165, 1.54) is 6.42 Å². The summed E-state index contributed by atoms with van der Waals surface area (Å²) in [6, 6.07) is 12.5. The molecule has 1 unspecified atom stereocenters. The van der Waals surface area contributed by atoms with Crippen molar-refractivity contribution in [2.24, 2.45) is 4.99 Å². The zero-order valence-corrected chi connectivity index (χ0v) is 12.5. The van der Waals surface area contributed by atoms with E-state index >= 15 is 0 Å². The molecule has 0 bridgehead atoms. The summed E-state index contributed by atoms with van der Waals surface area (Å²) < 4.78 is 2.08. The molecule has 0 N–H and O–H groups in total. The molecular formula is C16H19N3Ni. The van der Waals surface area contributed by atoms with Crippen molar-refractivity contribution in [3.63, 3.8) is 0 Å². The van der Waals surface area contributed by atoms with Gasteiger partial charge in [-0.05, 0) is 30.5 Å². The molecule has 1 aromatic carbocycles. The molecule has 3 nitrogen and oxygen atoms in total. The number of hydrogen-bond acceptors (Lipinski definition) is 1. The van der Waals surface area contributed by atoms with Crippen LogP contribution in [-0.2, 0) is 16.5 Å². The molecule has 2 aromatic rings. The third-order valence-electron chi connectivity index (χ3n) is 3.17. The van der Waals surface area contributed by atoms with Crippen LogP contribution in [-0.4, -0.2) is 23.4 Å². The summed E-state index contributed by atoms with van der Waals surface area (Å²) in [6.45, 7) is 0.982. The fraction of sp³-hybridized carbons (Fsp3) is 0.250. The van der Waals surface area contributed by atoms with Crippen molar-refractivity contribution in [1.82, 2.24) is 4.57 Å². The Kier molecular flexibility index (Phi) is 6.70. The van der Waals surface area contributed by atoms with E-state index < -0.39 is 0 Å². The Morgan fingerprint density at radius 2 is 1.90 bits per heavy atom. The first-order valence-electron chi connectivity index (χ1n) is 6.37. The van der Waals surface area contributed by atoms with E-state index in [0.29, 0.717) is 6.04 Å². The van der Waals surface area contributed by atoms with Gasteiger partial charge in [0.1, 0.15) is 0 Å². The molecule has 1 fully saturated rings. The van der Waals surface area contributed by atoms with Crippen molar-refractivity contribution in [2.75, 3.05) is 6.54 Å². The molecule has 1 aliphatic heterocycles. The normalized spacial score (nSPS) is 17.7. The van der Waals surface area contributed by atoms with Gasteiger partial charge in [0, 0.05) is 12.4 Å². The number of para-hydroxylation sites is 2. The van der Waals surface area contributed by atoms with Crippen LogP contribution >= 0.6 is 0 Å². The Labute approximate surface area is 131 Å². The molecule has 108 valence electrons. The molecule has 0 saturated carbocycles. The van der Waals surface area contributed by atoms with Crippen LogP contribution in [0.25, 0.3) is 11.0 Å². The summed E-state index contributed by atoms with van der Waals surface area (Å²) in [4.78, 5) is 4.60. The second-order valence-electron chi connectivity index (χ2n) is 4.47. The van der Waals surface area contributed by atoms with Crippen molar-refractivity contribution < 1.29 is 16.5 Å². The zero-order valence-electron chi connectivity index (χ0n) is 11.6. The molecule has 0 radical (unpaired) electrons. The Hall–Kier alpha value is -1.38. The van der Waals surface area contributed by atoms with Crippen LogP contribution in [0.5, 0.6) is 0 Å². The van der Waals surface area contributed by atoms with Crippen molar-refractivity contribution >= 4 is 11.9 Å². The molecule has 4 heteroatoms. The molecule has 2 heterocycles. The Morgan fingerprint density at radius 1 is 1.15 bits per heavy atom. The predicted octanol–water partition coefficient (Wildman–Crippen LogP) is 4.16. The number of aromatic nitrogens is 1. The maximum Gasteiger partial charge on any atom is 2.00 e. The van der Waals surface area contributed by atoms with E-state index in [1.54, 1.807) is 0 Å². The van der Waals surface area contributed by atoms with Gasteiger partial charge in [0.15, 0.2) is 0 Å². The maximum absolute atomic E-state index is 4.60. The maximum atomic E-state index is 4.60. The Balaban J connectivity index is 0.000001000. The van der Waals surface area contributed by atoms with Gasteiger partial charge in [-0.3, -0.25) is 4.99 Å². The minimum atomic E-state index is 0. The summed E-state index contributed by atoms with van der Waals surface area (Å²) in [6.07, 6.45) is 8.38. The third kappa shape index (κ3) is 3.81. The largest absolute Gasteiger partial charge is 2.00 e. The molecule has 0 amide bonds. The minimum Gasteiger partial charge on any atom is -0.655 e. The van der Waals surface area contributed by atoms with E-state index in [9.17, 15) is 0 Å². The summed E-state index contributed by atoms with van der Waals surface area (Å²) >= 11 is 0. The Morgan fingerprint density at radius 3 is 2.60 bits per heavy atom. The third-order valence-corrected chi connectivity index (χ3v) is 3.17. The van der Waals surface area contributed by atoms with E-state index in [-0.39, 0.29) is 23.9 Å². The average molecular weight is 312 g/mol. The molecule has 0 aliphatic carbocycles. The van der Waals surface area contributed by atoms with Crippen LogP contribution in [0.2, 0.25) is 0 Å². The summed E-state index contributed by atoms with van der Waals surface area (Å²) in [5.74, 6) is 0. The van der Waals surface area contributed by atoms with Crippen molar-refractivity contribution in [1.29, 1.82) is 0 Å². The minimum absolute atomic E-state index is 0. The molecular weight excluding hydrogens is 293 g/mol. The first-order chi connectivity index (χ1) is 8.93. The van der Waals surface area contributed by atoms with Gasteiger partial charge in [-0.1, -0.05) is 31.0 Å². The molecule has 1 aliphatic rings. The van der Waals surface area contributed by atoms with Crippen LogP contribution in [0.15, 0.2) is 53.8 Å². The van der Waals surface area contributed by atoms with Crippen LogP contribution in [0.1, 0.15) is 12.8 Å². The smallest absolute Gasteiger partial charge is 0.655 e. The van der Waals surface area contributed by atoms with Gasteiger partial charge < -0.3 is 17.3 Å². The second kappa shape index (κ2) is 8.03. The van der Waals surface area contributed by atoms with E-state index in [4.69, 9.17) is 0 Å². The molecule has 20 heavy (non-hydrogen) atoms. The number of rotatable bonds is 3. The van der Waals surface area contributed by atoms with Crippen molar-refractivity contribution in [2.45, 2.75) is 18.9 Å². The summed E-state index contributed by atoms with van der Waals surface area (Å²) in [7, 11) is 0. The van der Waals surface area contributed by atoms with Crippen molar-refractivity contribution in [3.8, 4) is 5.69 Å². The summed E-state index contributed by atoms with van der Waals surface area (Å²) in [5, 5.41) is 4.49. The van der Waals surface area contributed by atoms with Gasteiger partial charge in [-0.25, -0.2) is 0 Å². The van der Waals surface area contributed by atoms with Crippen molar-refractivity contribution in [3.05, 3.63) is 61.5 Å². The zero-order chi connectivity index (χ0) is 12.2. The fourth-order valence-electron chi connectivity index (χ4n) is 2.22. The van der Waals surface area contributed by atoms with Gasteiger partial charge in [0.25, 0.3) is 0 Å². The molecule has 1 aromatic heterocycles. The van der Waals surface area contributed by atoms with Gasteiger partial charge in [0.2, 0.25) is 0 Å². The number of benzene rings is 1. The van der Waals surface area contributed by atoms with Crippen LogP contribution in [0.3, 0.4) is 0 Å². The van der Waals surface area contributed by atoms with Gasteiger partial charge in [0.05, 0.1) is 11.4 Å². The number of nitrogens with zero attached hydrogens (tertiary/aromatic N) is 3. The van der Waals surface area contributed by atoms with E-state index in [1.807, 2.05) is 48.9 Å². The first-order valence-corrected chi connectivity index (χ1v) is 6.37. The Bertz CT molecular complexity index is 528. The van der Waals surface area contributed by atoms with Gasteiger partial charge in [-0.2, -0.15) is 0 Å². The standard InChI is InChI=1S/C15H16N3.CH3.Ni/c1-2-8-15(18-10-3-4-11-18)14(7-1)17-12-13-6-5-9-16-13;;/h1-4,7-8,10-13H,5-6,9H2;1H3;/q2*-1;+2. The fourth-order valence-corrected chi connectivity index (χ4v) is 2.22. The van der Waals surface area contributed by atoms with Crippen LogP contribution in [0, 0.1) is 7.43 Å². The molecule has 1 saturated heterocycles. The first kappa shape index (κ1) is 16.7. The van der Waals surface area contributed by atoms with E-state index in [0.717, 1.165) is 24.3 Å². The average Bonchev–Trinajstić information content (AvgIpc) is 3.10. The van der Waals surface area contributed by atoms with Crippen LogP contribution < -0.4 is 0 Å². The number of hydrogen-bond donors (Lipinski definition) is 0. The molecule has 3 rings (SSSR count). The quantitative estimate of drug-likeness (QED) is 0.463. The topological polar surface area (TPSA) is 31.4 Å². The molecule has 1 atom stereocenters. The van der Waals surface area contributed by atoms with Gasteiger partial charge in [-0.15, -0.1) is 6.54 Å². The van der Waals surface area contributed by atoms with E-state index in [2.05, 4.69) is 20.9 Å².